The maximum absolute atomic E-state index is 13.3. The van der Waals surface area contributed by atoms with Crippen LogP contribution in [0.15, 0.2) is 121 Å². The number of alkyl carbamates (subject to hydrolysis) is 1. The quantitative estimate of drug-likeness (QED) is 0.124. The number of nitrogens with one attached hydrogen (secondary N) is 1. The highest BCUT2D eigenvalue weighted by atomic mass is 32.2. The van der Waals surface area contributed by atoms with E-state index in [1.165, 1.54) is 11.1 Å². The topological polar surface area (TPSA) is 64.6 Å². The predicted molar refractivity (Wildman–Crippen MR) is 164 cm³/mol. The van der Waals surface area contributed by atoms with E-state index < -0.39 is 18.1 Å². The zero-order chi connectivity index (χ0) is 27.8. The van der Waals surface area contributed by atoms with Crippen molar-refractivity contribution in [2.24, 2.45) is 0 Å². The molecule has 5 nitrogen and oxygen atoms in total. The van der Waals surface area contributed by atoms with E-state index >= 15 is 0 Å². The molecule has 0 saturated carbocycles. The van der Waals surface area contributed by atoms with Gasteiger partial charge in [-0.3, -0.25) is 0 Å². The highest BCUT2D eigenvalue weighted by Crippen LogP contribution is 2.33. The van der Waals surface area contributed by atoms with Crippen LogP contribution < -0.4 is 5.32 Å². The predicted octanol–water partition coefficient (Wildman–Crippen LogP) is 7.61. The van der Waals surface area contributed by atoms with Crippen molar-refractivity contribution in [3.63, 3.8) is 0 Å². The zero-order valence-corrected chi connectivity index (χ0v) is 23.8. The first-order valence-electron chi connectivity index (χ1n) is 13.1. The molecule has 1 N–H and O–H groups in total. The van der Waals surface area contributed by atoms with Gasteiger partial charge in [-0.15, -0.1) is 23.5 Å². The Balaban J connectivity index is 1.44. The molecule has 4 aromatic carbocycles. The Morgan fingerprint density at radius 3 is 1.43 bits per heavy atom. The fraction of sp³-hybridized carbons (Fsp3) is 0.212. The van der Waals surface area contributed by atoms with Crippen molar-refractivity contribution in [3.05, 3.63) is 144 Å². The van der Waals surface area contributed by atoms with Crippen molar-refractivity contribution in [2.75, 3.05) is 0 Å². The minimum atomic E-state index is -0.858. The summed E-state index contributed by atoms with van der Waals surface area (Å²) < 4.78 is 11.1. The first-order chi connectivity index (χ1) is 19.7. The number of amides is 1. The second kappa shape index (κ2) is 16.4. The lowest BCUT2D eigenvalue weighted by atomic mass is 10.2. The number of hydrogen-bond donors (Lipinski definition) is 1. The smallest absolute Gasteiger partial charge is 0.408 e. The summed E-state index contributed by atoms with van der Waals surface area (Å²) in [6.07, 6.45) is -0.256. The first-order valence-corrected chi connectivity index (χ1v) is 15.2. The van der Waals surface area contributed by atoms with Crippen molar-refractivity contribution in [1.82, 2.24) is 5.32 Å². The Labute approximate surface area is 244 Å². The molecule has 0 saturated heterocycles. The molecule has 0 aliphatic rings. The van der Waals surface area contributed by atoms with Crippen LogP contribution in [0.2, 0.25) is 0 Å². The Kier molecular flexibility index (Phi) is 12.0. The van der Waals surface area contributed by atoms with E-state index in [0.29, 0.717) is 6.42 Å². The molecule has 0 aromatic heterocycles. The molecule has 206 valence electrons. The maximum Gasteiger partial charge on any atom is 0.408 e. The third kappa shape index (κ3) is 10.5. The molecule has 1 amide bonds. The van der Waals surface area contributed by atoms with Gasteiger partial charge in [0.1, 0.15) is 19.3 Å². The maximum atomic E-state index is 13.3. The minimum Gasteiger partial charge on any atom is -0.459 e. The Hall–Kier alpha value is -3.68. The van der Waals surface area contributed by atoms with Gasteiger partial charge >= 0.3 is 12.1 Å². The summed E-state index contributed by atoms with van der Waals surface area (Å²) in [7, 11) is 0. The molecular weight excluding hydrogens is 539 g/mol. The van der Waals surface area contributed by atoms with Crippen LogP contribution in [0, 0.1) is 0 Å². The second-order valence-electron chi connectivity index (χ2n) is 9.11. The Morgan fingerprint density at radius 2 is 0.975 bits per heavy atom. The van der Waals surface area contributed by atoms with Crippen molar-refractivity contribution < 1.29 is 19.1 Å². The van der Waals surface area contributed by atoms with Gasteiger partial charge in [-0.2, -0.15) is 0 Å². The zero-order valence-electron chi connectivity index (χ0n) is 22.2. The molecule has 7 heteroatoms. The second-order valence-corrected chi connectivity index (χ2v) is 11.8. The van der Waals surface area contributed by atoms with E-state index in [9.17, 15) is 9.59 Å². The fourth-order valence-corrected chi connectivity index (χ4v) is 6.45. The van der Waals surface area contributed by atoms with Gasteiger partial charge in [0.05, 0.1) is 4.58 Å². The van der Waals surface area contributed by atoms with Crippen LogP contribution in [-0.4, -0.2) is 22.7 Å². The van der Waals surface area contributed by atoms with Crippen molar-refractivity contribution in [3.8, 4) is 0 Å². The van der Waals surface area contributed by atoms with Crippen molar-refractivity contribution in [1.29, 1.82) is 0 Å². The number of benzene rings is 4. The normalized spacial score (nSPS) is 11.5. The highest BCUT2D eigenvalue weighted by Gasteiger charge is 2.28. The number of thioether (sulfide) groups is 2. The van der Waals surface area contributed by atoms with Gasteiger partial charge in [-0.05, 0) is 28.7 Å². The van der Waals surface area contributed by atoms with Crippen LogP contribution in [0.3, 0.4) is 0 Å². The Bertz CT molecular complexity index is 1250. The molecule has 4 rings (SSSR count). The molecule has 40 heavy (non-hydrogen) atoms. The summed E-state index contributed by atoms with van der Waals surface area (Å²) in [5.74, 6) is 1.10. The molecule has 0 heterocycles. The van der Waals surface area contributed by atoms with Crippen LogP contribution in [0.4, 0.5) is 4.79 Å². The first kappa shape index (κ1) is 29.3. The summed E-state index contributed by atoms with van der Waals surface area (Å²) in [5, 5.41) is 2.79. The number of rotatable bonds is 14. The van der Waals surface area contributed by atoms with Crippen LogP contribution in [0.25, 0.3) is 0 Å². The molecule has 0 fully saturated rings. The number of hydrogen-bond acceptors (Lipinski definition) is 6. The highest BCUT2D eigenvalue weighted by molar-refractivity contribution is 8.16. The van der Waals surface area contributed by atoms with E-state index in [4.69, 9.17) is 9.47 Å². The van der Waals surface area contributed by atoms with E-state index in [1.54, 1.807) is 23.5 Å². The number of carbonyl (C=O) groups is 2. The Morgan fingerprint density at radius 1 is 0.575 bits per heavy atom. The standard InChI is InChI=1S/C33H33NO4S2/c35-32(37-22-26-13-5-1-6-14-26)30(34-33(36)38-23-27-15-7-2-8-16-27)21-31(39-24-28-17-9-3-10-18-28)40-25-29-19-11-4-12-20-29/h1-20,30-31H,21-25H2,(H,34,36). The van der Waals surface area contributed by atoms with Gasteiger partial charge in [0.15, 0.2) is 0 Å². The van der Waals surface area contributed by atoms with Gasteiger partial charge in [-0.25, -0.2) is 9.59 Å². The lowest BCUT2D eigenvalue weighted by Crippen LogP contribution is -2.43. The number of ether oxygens (including phenoxy) is 2. The minimum absolute atomic E-state index is 0.0177. The SMILES string of the molecule is O=C(NC(CC(SCc1ccccc1)SCc1ccccc1)C(=O)OCc1ccccc1)OCc1ccccc1. The van der Waals surface area contributed by atoms with Crippen LogP contribution >= 0.6 is 23.5 Å². The van der Waals surface area contributed by atoms with Gasteiger partial charge in [0.2, 0.25) is 0 Å². The van der Waals surface area contributed by atoms with Gasteiger partial charge < -0.3 is 14.8 Å². The monoisotopic (exact) mass is 571 g/mol. The van der Waals surface area contributed by atoms with Crippen molar-refractivity contribution >= 4 is 35.6 Å². The lowest BCUT2D eigenvalue weighted by molar-refractivity contribution is -0.147. The molecule has 1 unspecified atom stereocenters. The van der Waals surface area contributed by atoms with Crippen LogP contribution in [0.1, 0.15) is 28.7 Å². The van der Waals surface area contributed by atoms with Gasteiger partial charge in [0.25, 0.3) is 0 Å². The van der Waals surface area contributed by atoms with E-state index in [-0.39, 0.29) is 17.8 Å². The largest absolute Gasteiger partial charge is 0.459 e. The average Bonchev–Trinajstić information content (AvgIpc) is 3.01. The molecule has 0 bridgehead atoms. The molecule has 0 spiro atoms. The lowest BCUT2D eigenvalue weighted by Gasteiger charge is -2.23. The summed E-state index contributed by atoms with van der Waals surface area (Å²) in [6.45, 7) is 0.253. The van der Waals surface area contributed by atoms with E-state index in [0.717, 1.165) is 22.6 Å². The van der Waals surface area contributed by atoms with Crippen LogP contribution in [-0.2, 0) is 39.0 Å². The number of esters is 1. The summed E-state index contributed by atoms with van der Waals surface area (Å²) in [4.78, 5) is 26.1. The summed E-state index contributed by atoms with van der Waals surface area (Å²) in [5.41, 5.74) is 4.16. The summed E-state index contributed by atoms with van der Waals surface area (Å²) in [6, 6.07) is 38.6. The van der Waals surface area contributed by atoms with E-state index in [1.807, 2.05) is 97.1 Å². The van der Waals surface area contributed by atoms with Gasteiger partial charge in [-0.1, -0.05) is 121 Å². The third-order valence-electron chi connectivity index (χ3n) is 6.00. The summed E-state index contributed by atoms with van der Waals surface area (Å²) >= 11 is 3.51. The molecule has 0 radical (unpaired) electrons. The molecule has 4 aromatic rings. The molecule has 0 aliphatic heterocycles. The van der Waals surface area contributed by atoms with Crippen molar-refractivity contribution in [2.45, 2.75) is 41.8 Å². The average molecular weight is 572 g/mol. The molecule has 1 atom stereocenters. The van der Waals surface area contributed by atoms with E-state index in [2.05, 4.69) is 29.6 Å². The third-order valence-corrected chi connectivity index (χ3v) is 8.94. The fourth-order valence-electron chi connectivity index (χ4n) is 3.85. The molecule has 0 aliphatic carbocycles. The molecular formula is C33H33NO4S2. The van der Waals surface area contributed by atoms with Gasteiger partial charge in [0, 0.05) is 11.5 Å². The number of carbonyl (C=O) groups excluding carboxylic acids is 2. The van der Waals surface area contributed by atoms with Crippen LogP contribution in [0.5, 0.6) is 0 Å².